The molecule has 2 saturated heterocycles. The summed E-state index contributed by atoms with van der Waals surface area (Å²) in [5, 5.41) is 3.03. The number of piperidine rings is 2. The minimum atomic E-state index is -0.353. The van der Waals surface area contributed by atoms with E-state index in [0.717, 1.165) is 25.9 Å². The van der Waals surface area contributed by atoms with Crippen LogP contribution >= 0.6 is 0 Å². The normalized spacial score (nSPS) is 29.3. The summed E-state index contributed by atoms with van der Waals surface area (Å²) in [7, 11) is 1.57. The van der Waals surface area contributed by atoms with E-state index in [9.17, 15) is 9.59 Å². The molecule has 0 aromatic heterocycles. The second kappa shape index (κ2) is 6.31. The molecule has 2 aliphatic rings. The molecule has 0 aliphatic carbocycles. The van der Waals surface area contributed by atoms with Gasteiger partial charge in [-0.2, -0.15) is 0 Å². The molecule has 2 amide bonds. The van der Waals surface area contributed by atoms with Gasteiger partial charge < -0.3 is 10.1 Å². The molecule has 3 unspecified atom stereocenters. The van der Waals surface area contributed by atoms with Gasteiger partial charge in [0.15, 0.2) is 0 Å². The van der Waals surface area contributed by atoms with Crippen LogP contribution < -0.4 is 16.6 Å². The third-order valence-electron chi connectivity index (χ3n) is 4.06. The number of hydrazine groups is 1. The van der Waals surface area contributed by atoms with Crippen molar-refractivity contribution < 1.29 is 14.3 Å². The molecule has 7 nitrogen and oxygen atoms in total. The third kappa shape index (κ3) is 3.23. The lowest BCUT2D eigenvalue weighted by Gasteiger charge is -2.43. The van der Waals surface area contributed by atoms with Crippen LogP contribution in [-0.2, 0) is 14.3 Å². The maximum Gasteiger partial charge on any atom is 0.253 e. The van der Waals surface area contributed by atoms with E-state index in [1.165, 1.54) is 0 Å². The molecule has 0 bridgehead atoms. The fraction of sp³-hybridized carbons (Fsp3) is 0.833. The van der Waals surface area contributed by atoms with Gasteiger partial charge in [-0.3, -0.25) is 19.9 Å². The van der Waals surface area contributed by atoms with Gasteiger partial charge in [-0.15, -0.1) is 0 Å². The van der Waals surface area contributed by atoms with Gasteiger partial charge in [-0.05, 0) is 18.8 Å². The van der Waals surface area contributed by atoms with Crippen LogP contribution in [0.3, 0.4) is 0 Å². The molecule has 3 atom stereocenters. The van der Waals surface area contributed by atoms with E-state index in [0.29, 0.717) is 18.9 Å². The molecule has 19 heavy (non-hydrogen) atoms. The van der Waals surface area contributed by atoms with Crippen molar-refractivity contribution in [1.82, 2.24) is 15.6 Å². The molecule has 0 saturated carbocycles. The number of nitrogens with two attached hydrogens (primary N) is 1. The summed E-state index contributed by atoms with van der Waals surface area (Å²) in [4.78, 5) is 25.3. The molecule has 0 spiro atoms. The standard InChI is InChI=1S/C12H22N4O3/c1-19-7-10(12(18)15-13)16-5-4-9-8(6-16)2-3-11(17)14-9/h8-10H,2-7,13H2,1H3,(H,14,17)(H,15,18). The largest absolute Gasteiger partial charge is 0.383 e. The number of fused-ring (bicyclic) bond motifs is 1. The molecule has 0 aromatic carbocycles. The van der Waals surface area contributed by atoms with Gasteiger partial charge in [0.25, 0.3) is 5.91 Å². The summed E-state index contributed by atoms with van der Waals surface area (Å²) in [6.45, 7) is 1.89. The number of carbonyl (C=O) groups is 2. The Morgan fingerprint density at radius 3 is 3.11 bits per heavy atom. The molecule has 0 aromatic rings. The van der Waals surface area contributed by atoms with Crippen molar-refractivity contribution in [2.24, 2.45) is 11.8 Å². The van der Waals surface area contributed by atoms with E-state index in [1.54, 1.807) is 7.11 Å². The van der Waals surface area contributed by atoms with Crippen LogP contribution in [0.15, 0.2) is 0 Å². The Morgan fingerprint density at radius 1 is 1.63 bits per heavy atom. The average molecular weight is 270 g/mol. The SMILES string of the molecule is COCC(C(=O)NN)N1CCC2NC(=O)CCC2C1. The maximum atomic E-state index is 11.8. The molecule has 2 heterocycles. The zero-order valence-electron chi connectivity index (χ0n) is 11.2. The molecule has 2 fully saturated rings. The Kier molecular flexibility index (Phi) is 4.73. The Balaban J connectivity index is 1.98. The van der Waals surface area contributed by atoms with Gasteiger partial charge in [-0.1, -0.05) is 0 Å². The average Bonchev–Trinajstić information content (AvgIpc) is 2.43. The first kappa shape index (κ1) is 14.2. The number of carbonyl (C=O) groups excluding carboxylic acids is 2. The Hall–Kier alpha value is -1.18. The van der Waals surface area contributed by atoms with E-state index >= 15 is 0 Å². The van der Waals surface area contributed by atoms with Gasteiger partial charge in [0.2, 0.25) is 5.91 Å². The van der Waals surface area contributed by atoms with Crippen LogP contribution in [-0.4, -0.2) is 55.6 Å². The monoisotopic (exact) mass is 270 g/mol. The minimum Gasteiger partial charge on any atom is -0.383 e. The molecule has 0 radical (unpaired) electrons. The van der Waals surface area contributed by atoms with Crippen LogP contribution in [0.5, 0.6) is 0 Å². The van der Waals surface area contributed by atoms with Crippen molar-refractivity contribution in [2.75, 3.05) is 26.8 Å². The summed E-state index contributed by atoms with van der Waals surface area (Å²) in [5.41, 5.74) is 2.20. The topological polar surface area (TPSA) is 96.7 Å². The molecule has 2 aliphatic heterocycles. The number of nitrogens with zero attached hydrogens (tertiary/aromatic N) is 1. The van der Waals surface area contributed by atoms with Gasteiger partial charge in [0.05, 0.1) is 6.61 Å². The molecular formula is C12H22N4O3. The molecule has 4 N–H and O–H groups in total. The number of rotatable bonds is 4. The fourth-order valence-corrected chi connectivity index (χ4v) is 3.02. The van der Waals surface area contributed by atoms with Crippen LogP contribution in [0.4, 0.5) is 0 Å². The first-order valence-electron chi connectivity index (χ1n) is 6.68. The highest BCUT2D eigenvalue weighted by atomic mass is 16.5. The van der Waals surface area contributed by atoms with Crippen molar-refractivity contribution in [3.05, 3.63) is 0 Å². The lowest BCUT2D eigenvalue weighted by atomic mass is 9.84. The van der Waals surface area contributed by atoms with Crippen LogP contribution in [0.2, 0.25) is 0 Å². The number of nitrogens with one attached hydrogen (secondary N) is 2. The predicted molar refractivity (Wildman–Crippen MR) is 68.8 cm³/mol. The highest BCUT2D eigenvalue weighted by molar-refractivity contribution is 5.81. The van der Waals surface area contributed by atoms with Crippen LogP contribution in [0.1, 0.15) is 19.3 Å². The molecular weight excluding hydrogens is 248 g/mol. The number of amides is 2. The summed E-state index contributed by atoms with van der Waals surface area (Å²) in [6.07, 6.45) is 2.33. The Morgan fingerprint density at radius 2 is 2.42 bits per heavy atom. The maximum absolute atomic E-state index is 11.8. The lowest BCUT2D eigenvalue weighted by Crippen LogP contribution is -2.59. The number of ether oxygens (including phenoxy) is 1. The van der Waals surface area contributed by atoms with Crippen molar-refractivity contribution >= 4 is 11.8 Å². The van der Waals surface area contributed by atoms with Gasteiger partial charge in [0.1, 0.15) is 6.04 Å². The van der Waals surface area contributed by atoms with E-state index in [4.69, 9.17) is 10.6 Å². The Bertz CT molecular complexity index is 350. The first-order chi connectivity index (χ1) is 9.15. The smallest absolute Gasteiger partial charge is 0.253 e. The van der Waals surface area contributed by atoms with Gasteiger partial charge in [-0.25, -0.2) is 5.84 Å². The second-order valence-electron chi connectivity index (χ2n) is 5.24. The first-order valence-corrected chi connectivity index (χ1v) is 6.68. The summed E-state index contributed by atoms with van der Waals surface area (Å²) < 4.78 is 5.11. The highest BCUT2D eigenvalue weighted by Gasteiger charge is 2.37. The summed E-state index contributed by atoms with van der Waals surface area (Å²) in [5.74, 6) is 5.55. The zero-order valence-corrected chi connectivity index (χ0v) is 11.2. The van der Waals surface area contributed by atoms with Gasteiger partial charge >= 0.3 is 0 Å². The fourth-order valence-electron chi connectivity index (χ4n) is 3.02. The van der Waals surface area contributed by atoms with E-state index in [2.05, 4.69) is 15.6 Å². The summed E-state index contributed by atoms with van der Waals surface area (Å²) >= 11 is 0. The second-order valence-corrected chi connectivity index (χ2v) is 5.24. The molecule has 108 valence electrons. The lowest BCUT2D eigenvalue weighted by molar-refractivity contribution is -0.132. The van der Waals surface area contributed by atoms with Crippen LogP contribution in [0, 0.1) is 5.92 Å². The Labute approximate surface area is 112 Å². The van der Waals surface area contributed by atoms with E-state index in [1.807, 2.05) is 0 Å². The third-order valence-corrected chi connectivity index (χ3v) is 4.06. The predicted octanol–water partition coefficient (Wildman–Crippen LogP) is -1.41. The quantitative estimate of drug-likeness (QED) is 0.331. The number of likely N-dealkylation sites (tertiary alicyclic amines) is 1. The van der Waals surface area contributed by atoms with E-state index in [-0.39, 0.29) is 23.9 Å². The molecule has 7 heteroatoms. The highest BCUT2D eigenvalue weighted by Crippen LogP contribution is 2.26. The van der Waals surface area contributed by atoms with Crippen molar-refractivity contribution in [1.29, 1.82) is 0 Å². The van der Waals surface area contributed by atoms with E-state index < -0.39 is 0 Å². The van der Waals surface area contributed by atoms with Crippen molar-refractivity contribution in [3.63, 3.8) is 0 Å². The number of methoxy groups -OCH3 is 1. The zero-order chi connectivity index (χ0) is 13.8. The number of hydrogen-bond acceptors (Lipinski definition) is 5. The summed E-state index contributed by atoms with van der Waals surface area (Å²) in [6, 6.07) is -0.102. The number of hydrogen-bond donors (Lipinski definition) is 3. The van der Waals surface area contributed by atoms with Crippen LogP contribution in [0.25, 0.3) is 0 Å². The van der Waals surface area contributed by atoms with Crippen molar-refractivity contribution in [3.8, 4) is 0 Å². The minimum absolute atomic E-state index is 0.142. The van der Waals surface area contributed by atoms with Gasteiger partial charge in [0, 0.05) is 32.7 Å². The molecule has 2 rings (SSSR count). The van der Waals surface area contributed by atoms with Crippen molar-refractivity contribution in [2.45, 2.75) is 31.3 Å².